The Hall–Kier alpha value is -3.05. The molecule has 0 radical (unpaired) electrons. The van der Waals surface area contributed by atoms with Crippen molar-refractivity contribution in [3.8, 4) is 5.75 Å². The van der Waals surface area contributed by atoms with E-state index in [-0.39, 0.29) is 23.1 Å². The Labute approximate surface area is 168 Å². The molecule has 0 amide bonds. The van der Waals surface area contributed by atoms with Gasteiger partial charge in [0.1, 0.15) is 18.6 Å². The van der Waals surface area contributed by atoms with Crippen LogP contribution in [0, 0.1) is 10.1 Å². The lowest BCUT2D eigenvalue weighted by Gasteiger charge is -2.11. The van der Waals surface area contributed by atoms with Gasteiger partial charge in [0.05, 0.1) is 15.9 Å². The smallest absolute Gasteiger partial charge is 0.406 e. The molecule has 0 saturated carbocycles. The highest BCUT2D eigenvalue weighted by Crippen LogP contribution is 2.26. The second kappa shape index (κ2) is 8.13. The number of pyridine rings is 1. The van der Waals surface area contributed by atoms with Crippen LogP contribution >= 0.6 is 0 Å². The van der Waals surface area contributed by atoms with E-state index in [2.05, 4.69) is 9.97 Å². The van der Waals surface area contributed by atoms with Gasteiger partial charge >= 0.3 is 5.82 Å². The summed E-state index contributed by atoms with van der Waals surface area (Å²) >= 11 is 0. The highest BCUT2D eigenvalue weighted by atomic mass is 32.2. The number of imidazole rings is 1. The van der Waals surface area contributed by atoms with Gasteiger partial charge in [0.25, 0.3) is 0 Å². The van der Waals surface area contributed by atoms with Crippen LogP contribution in [0.2, 0.25) is 0 Å². The first-order valence-electron chi connectivity index (χ1n) is 8.89. The Bertz CT molecular complexity index is 1160. The lowest BCUT2D eigenvalue weighted by atomic mass is 10.3. The molecule has 0 aliphatic rings. The highest BCUT2D eigenvalue weighted by molar-refractivity contribution is 7.89. The van der Waals surface area contributed by atoms with Gasteiger partial charge in [-0.05, 0) is 46.7 Å². The number of aromatic nitrogens is 3. The molecule has 0 spiro atoms. The first-order valence-corrected chi connectivity index (χ1v) is 10.3. The fourth-order valence-electron chi connectivity index (χ4n) is 2.89. The van der Waals surface area contributed by atoms with E-state index in [0.717, 1.165) is 16.2 Å². The summed E-state index contributed by atoms with van der Waals surface area (Å²) in [6, 6.07) is 7.80. The number of nitro groups is 1. The van der Waals surface area contributed by atoms with Crippen LogP contribution in [0.1, 0.15) is 19.2 Å². The Morgan fingerprint density at radius 3 is 2.69 bits per heavy atom. The van der Waals surface area contributed by atoms with E-state index in [4.69, 9.17) is 4.74 Å². The van der Waals surface area contributed by atoms with Crippen molar-refractivity contribution in [1.82, 2.24) is 18.8 Å². The van der Waals surface area contributed by atoms with Crippen LogP contribution in [-0.2, 0) is 23.2 Å². The number of sulfonamides is 1. The summed E-state index contributed by atoms with van der Waals surface area (Å²) in [6.45, 7) is 2.63. The summed E-state index contributed by atoms with van der Waals surface area (Å²) in [6.07, 6.45) is 2.15. The number of ether oxygens (including phenoxy) is 1. The molecule has 0 fully saturated rings. The van der Waals surface area contributed by atoms with E-state index in [0.29, 0.717) is 17.9 Å². The SMILES string of the molecule is CCCn1c(COc2cccnc2[N+](=O)[O-])nc2cc(S(=O)(=O)N(C)C)ccc21. The summed E-state index contributed by atoms with van der Waals surface area (Å²) < 4.78 is 33.5. The molecular weight excluding hydrogens is 398 g/mol. The van der Waals surface area contributed by atoms with Gasteiger partial charge in [-0.15, -0.1) is 0 Å². The molecule has 0 aliphatic heterocycles. The maximum atomic E-state index is 12.4. The van der Waals surface area contributed by atoms with Crippen molar-refractivity contribution in [2.75, 3.05) is 14.1 Å². The van der Waals surface area contributed by atoms with E-state index < -0.39 is 14.9 Å². The van der Waals surface area contributed by atoms with Gasteiger partial charge < -0.3 is 19.4 Å². The van der Waals surface area contributed by atoms with Gasteiger partial charge in [0.15, 0.2) is 0 Å². The van der Waals surface area contributed by atoms with Crippen LogP contribution in [0.3, 0.4) is 0 Å². The number of nitrogens with zero attached hydrogens (tertiary/aromatic N) is 5. The Kier molecular flexibility index (Phi) is 5.80. The number of fused-ring (bicyclic) bond motifs is 1. The number of hydrogen-bond acceptors (Lipinski definition) is 7. The van der Waals surface area contributed by atoms with E-state index in [1.165, 1.54) is 32.4 Å². The second-order valence-electron chi connectivity index (χ2n) is 6.49. The van der Waals surface area contributed by atoms with Crippen molar-refractivity contribution in [3.63, 3.8) is 0 Å². The predicted molar refractivity (Wildman–Crippen MR) is 106 cm³/mol. The molecule has 11 heteroatoms. The minimum Gasteiger partial charge on any atom is -0.478 e. The molecule has 0 saturated heterocycles. The monoisotopic (exact) mass is 419 g/mol. The molecule has 3 rings (SSSR count). The average molecular weight is 419 g/mol. The molecule has 29 heavy (non-hydrogen) atoms. The zero-order chi connectivity index (χ0) is 21.2. The van der Waals surface area contributed by atoms with Crippen LogP contribution in [0.15, 0.2) is 41.4 Å². The van der Waals surface area contributed by atoms with Gasteiger partial charge in [-0.25, -0.2) is 17.7 Å². The Morgan fingerprint density at radius 1 is 1.28 bits per heavy atom. The normalized spacial score (nSPS) is 11.9. The zero-order valence-electron chi connectivity index (χ0n) is 16.3. The van der Waals surface area contributed by atoms with Crippen LogP contribution in [0.4, 0.5) is 5.82 Å². The van der Waals surface area contributed by atoms with E-state index in [1.807, 2.05) is 11.5 Å². The number of hydrogen-bond donors (Lipinski definition) is 0. The van der Waals surface area contributed by atoms with Gasteiger partial charge in [-0.1, -0.05) is 6.92 Å². The third-order valence-corrected chi connectivity index (χ3v) is 6.12. The molecule has 10 nitrogen and oxygen atoms in total. The van der Waals surface area contributed by atoms with Crippen LogP contribution in [-0.4, -0.2) is 46.3 Å². The number of benzene rings is 1. The molecule has 2 aromatic heterocycles. The third kappa shape index (κ3) is 4.05. The molecule has 0 aliphatic carbocycles. The molecule has 0 atom stereocenters. The molecule has 1 aromatic carbocycles. The van der Waals surface area contributed by atoms with Crippen molar-refractivity contribution in [2.24, 2.45) is 0 Å². The fourth-order valence-corrected chi connectivity index (χ4v) is 3.81. The lowest BCUT2D eigenvalue weighted by Crippen LogP contribution is -2.22. The van der Waals surface area contributed by atoms with Crippen molar-refractivity contribution in [3.05, 3.63) is 52.5 Å². The second-order valence-corrected chi connectivity index (χ2v) is 8.64. The number of aryl methyl sites for hydroxylation is 1. The summed E-state index contributed by atoms with van der Waals surface area (Å²) in [4.78, 5) is 18.9. The zero-order valence-corrected chi connectivity index (χ0v) is 17.1. The van der Waals surface area contributed by atoms with Crippen molar-refractivity contribution in [1.29, 1.82) is 0 Å². The van der Waals surface area contributed by atoms with Gasteiger partial charge in [-0.3, -0.25) is 0 Å². The molecule has 2 heterocycles. The van der Waals surface area contributed by atoms with Gasteiger partial charge in [-0.2, -0.15) is 0 Å². The van der Waals surface area contributed by atoms with E-state index in [9.17, 15) is 18.5 Å². The van der Waals surface area contributed by atoms with Gasteiger partial charge in [0.2, 0.25) is 15.8 Å². The molecular formula is C18H21N5O5S. The third-order valence-electron chi connectivity index (χ3n) is 4.31. The maximum absolute atomic E-state index is 12.4. The number of rotatable bonds is 8. The van der Waals surface area contributed by atoms with E-state index in [1.54, 1.807) is 18.2 Å². The van der Waals surface area contributed by atoms with Crippen LogP contribution in [0.5, 0.6) is 5.75 Å². The van der Waals surface area contributed by atoms with E-state index >= 15 is 0 Å². The quantitative estimate of drug-likeness (QED) is 0.406. The fraction of sp³-hybridized carbons (Fsp3) is 0.333. The average Bonchev–Trinajstić information content (AvgIpc) is 3.03. The highest BCUT2D eigenvalue weighted by Gasteiger charge is 2.21. The summed E-state index contributed by atoms with van der Waals surface area (Å²) in [5, 5.41) is 11.1. The standard InChI is InChI=1S/C18H21N5O5S/c1-4-10-22-15-8-7-13(29(26,27)21(2)3)11-14(15)20-17(22)12-28-16-6-5-9-19-18(16)23(24)25/h5-9,11H,4,10,12H2,1-3H3. The van der Waals surface area contributed by atoms with Crippen molar-refractivity contribution >= 4 is 26.9 Å². The summed E-state index contributed by atoms with van der Waals surface area (Å²) in [7, 11) is -0.650. The van der Waals surface area contributed by atoms with Crippen LogP contribution in [0.25, 0.3) is 11.0 Å². The van der Waals surface area contributed by atoms with Crippen LogP contribution < -0.4 is 4.74 Å². The molecule has 0 N–H and O–H groups in total. The summed E-state index contributed by atoms with van der Waals surface area (Å²) in [5.41, 5.74) is 1.28. The Morgan fingerprint density at radius 2 is 2.03 bits per heavy atom. The first kappa shape index (κ1) is 20.7. The Balaban J connectivity index is 1.99. The first-order chi connectivity index (χ1) is 13.8. The molecule has 0 unspecified atom stereocenters. The minimum absolute atomic E-state index is 0.0169. The minimum atomic E-state index is -3.59. The largest absolute Gasteiger partial charge is 0.478 e. The lowest BCUT2D eigenvalue weighted by molar-refractivity contribution is -0.390. The van der Waals surface area contributed by atoms with Crippen molar-refractivity contribution in [2.45, 2.75) is 31.4 Å². The van der Waals surface area contributed by atoms with Gasteiger partial charge in [0, 0.05) is 20.6 Å². The molecule has 3 aromatic rings. The molecule has 154 valence electrons. The topological polar surface area (TPSA) is 120 Å². The molecule has 0 bridgehead atoms. The van der Waals surface area contributed by atoms with Crippen molar-refractivity contribution < 1.29 is 18.1 Å². The maximum Gasteiger partial charge on any atom is 0.406 e. The predicted octanol–water partition coefficient (Wildman–Crippen LogP) is 2.58. The summed E-state index contributed by atoms with van der Waals surface area (Å²) in [5.74, 6) is 0.216.